The maximum Gasteiger partial charge on any atom is 0.270 e. The molecule has 156 valence electrons. The van der Waals surface area contributed by atoms with Crippen LogP contribution in [0.1, 0.15) is 33.3 Å². The van der Waals surface area contributed by atoms with Gasteiger partial charge in [0.15, 0.2) is 0 Å². The number of carbonyl (C=O) groups is 1. The molecule has 1 amide bonds. The molecular weight excluding hydrogens is 384 g/mol. The Morgan fingerprint density at radius 2 is 1.79 bits per heavy atom. The largest absolute Gasteiger partial charge is 0.350 e. The highest BCUT2D eigenvalue weighted by Crippen LogP contribution is 2.25. The van der Waals surface area contributed by atoms with Gasteiger partial charge >= 0.3 is 0 Å². The number of aryl methyl sites for hydroxylation is 1. The van der Waals surface area contributed by atoms with Gasteiger partial charge in [0.25, 0.3) is 5.69 Å². The van der Waals surface area contributed by atoms with Crippen LogP contribution in [0.15, 0.2) is 23.1 Å². The summed E-state index contributed by atoms with van der Waals surface area (Å²) in [6, 6.07) is 3.47. The van der Waals surface area contributed by atoms with Gasteiger partial charge in [0.1, 0.15) is 0 Å². The number of nitrogens with one attached hydrogen (secondary N) is 1. The molecule has 2 rings (SSSR count). The van der Waals surface area contributed by atoms with Crippen molar-refractivity contribution in [2.45, 2.75) is 51.1 Å². The third-order valence-corrected chi connectivity index (χ3v) is 6.74. The Morgan fingerprint density at radius 3 is 2.29 bits per heavy atom. The summed E-state index contributed by atoms with van der Waals surface area (Å²) in [7, 11) is -3.85. The quantitative estimate of drug-likeness (QED) is 0.579. The molecule has 28 heavy (non-hydrogen) atoms. The zero-order valence-corrected chi connectivity index (χ0v) is 17.7. The molecule has 1 N–H and O–H groups in total. The standard InChI is InChI=1S/C18H28N4O5S/c1-13-6-7-15(22(24)25)12-16(13)28(26,27)21-10-8-20(9-11-21)14(2)17(23)19-18(3,4)5/h6-7,12,14H,8-11H2,1-5H3,(H,19,23)/t14-/m0/s1. The van der Waals surface area contributed by atoms with Crippen molar-refractivity contribution < 1.29 is 18.1 Å². The molecule has 1 aliphatic heterocycles. The molecule has 0 spiro atoms. The summed E-state index contributed by atoms with van der Waals surface area (Å²) >= 11 is 0. The summed E-state index contributed by atoms with van der Waals surface area (Å²) in [5.74, 6) is -0.0988. The van der Waals surface area contributed by atoms with E-state index in [0.717, 1.165) is 6.07 Å². The zero-order chi connectivity index (χ0) is 21.3. The molecule has 0 unspecified atom stereocenters. The summed E-state index contributed by atoms with van der Waals surface area (Å²) in [5.41, 5.74) is -0.128. The van der Waals surface area contributed by atoms with Crippen LogP contribution in [0.3, 0.4) is 0 Å². The zero-order valence-electron chi connectivity index (χ0n) is 16.9. The van der Waals surface area contributed by atoms with Gasteiger partial charge in [-0.2, -0.15) is 4.31 Å². The molecule has 0 aromatic heterocycles. The minimum absolute atomic E-state index is 0.0475. The van der Waals surface area contributed by atoms with Crippen molar-refractivity contribution in [2.75, 3.05) is 26.2 Å². The summed E-state index contributed by atoms with van der Waals surface area (Å²) in [5, 5.41) is 13.9. The molecule has 0 saturated carbocycles. The summed E-state index contributed by atoms with van der Waals surface area (Å²) in [4.78, 5) is 24.6. The van der Waals surface area contributed by atoms with Crippen molar-refractivity contribution in [1.29, 1.82) is 0 Å². The number of non-ortho nitro benzene ring substituents is 1. The minimum atomic E-state index is -3.85. The Hall–Kier alpha value is -2.04. The van der Waals surface area contributed by atoms with Crippen LogP contribution in [0.4, 0.5) is 5.69 Å². The molecule has 1 saturated heterocycles. The van der Waals surface area contributed by atoms with Crippen molar-refractivity contribution in [3.8, 4) is 0 Å². The predicted octanol–water partition coefficient (Wildman–Crippen LogP) is 1.51. The molecule has 1 atom stereocenters. The second-order valence-electron chi connectivity index (χ2n) is 8.06. The van der Waals surface area contributed by atoms with E-state index in [1.54, 1.807) is 13.8 Å². The molecule has 0 radical (unpaired) electrons. The van der Waals surface area contributed by atoms with Crippen molar-refractivity contribution in [3.05, 3.63) is 33.9 Å². The molecule has 0 bridgehead atoms. The summed E-state index contributed by atoms with van der Waals surface area (Å²) < 4.78 is 27.3. The fraction of sp³-hybridized carbons (Fsp3) is 0.611. The molecular formula is C18H28N4O5S. The second-order valence-corrected chi connectivity index (χ2v) is 9.97. The first-order chi connectivity index (χ1) is 12.8. The molecule has 1 aromatic rings. The van der Waals surface area contributed by atoms with Crippen molar-refractivity contribution in [1.82, 2.24) is 14.5 Å². The lowest BCUT2D eigenvalue weighted by atomic mass is 10.1. The number of rotatable bonds is 5. The maximum absolute atomic E-state index is 13.0. The lowest BCUT2D eigenvalue weighted by molar-refractivity contribution is -0.385. The summed E-state index contributed by atoms with van der Waals surface area (Å²) in [6.07, 6.45) is 0. The number of nitro benzene ring substituents is 1. The summed E-state index contributed by atoms with van der Waals surface area (Å²) in [6.45, 7) is 10.4. The van der Waals surface area contributed by atoms with Crippen molar-refractivity contribution in [3.63, 3.8) is 0 Å². The second kappa shape index (κ2) is 8.14. The monoisotopic (exact) mass is 412 g/mol. The third kappa shape index (κ3) is 5.06. The minimum Gasteiger partial charge on any atom is -0.350 e. The van der Waals surface area contributed by atoms with Crippen LogP contribution in [0.5, 0.6) is 0 Å². The first-order valence-corrected chi connectivity index (χ1v) is 10.6. The van der Waals surface area contributed by atoms with Crippen molar-refractivity contribution in [2.24, 2.45) is 0 Å². The lowest BCUT2D eigenvalue weighted by Crippen LogP contribution is -2.56. The average molecular weight is 413 g/mol. The van der Waals surface area contributed by atoms with E-state index in [0.29, 0.717) is 18.7 Å². The molecule has 1 fully saturated rings. The molecule has 9 nitrogen and oxygen atoms in total. The average Bonchev–Trinajstić information content (AvgIpc) is 2.59. The fourth-order valence-corrected chi connectivity index (χ4v) is 4.76. The van der Waals surface area contributed by atoms with E-state index < -0.39 is 14.9 Å². The molecule has 1 aliphatic rings. The van der Waals surface area contributed by atoms with Crippen LogP contribution >= 0.6 is 0 Å². The maximum atomic E-state index is 13.0. The number of hydrogen-bond donors (Lipinski definition) is 1. The van der Waals surface area contributed by atoms with Crippen LogP contribution < -0.4 is 5.32 Å². The first-order valence-electron chi connectivity index (χ1n) is 9.14. The Labute approximate surface area is 165 Å². The van der Waals surface area contributed by atoms with E-state index in [9.17, 15) is 23.3 Å². The van der Waals surface area contributed by atoms with E-state index >= 15 is 0 Å². The van der Waals surface area contributed by atoms with E-state index in [1.807, 2.05) is 25.7 Å². The lowest BCUT2D eigenvalue weighted by Gasteiger charge is -2.37. The molecule has 10 heteroatoms. The Balaban J connectivity index is 2.11. The third-order valence-electron chi connectivity index (χ3n) is 4.70. The fourth-order valence-electron chi connectivity index (χ4n) is 3.09. The van der Waals surface area contributed by atoms with Gasteiger partial charge in [-0.15, -0.1) is 0 Å². The van der Waals surface area contributed by atoms with Crippen LogP contribution in [-0.4, -0.2) is 66.2 Å². The van der Waals surface area contributed by atoms with Crippen molar-refractivity contribution >= 4 is 21.6 Å². The van der Waals surface area contributed by atoms with E-state index in [-0.39, 0.29) is 41.2 Å². The number of nitro groups is 1. The topological polar surface area (TPSA) is 113 Å². The van der Waals surface area contributed by atoms with Gasteiger partial charge in [-0.1, -0.05) is 6.07 Å². The first kappa shape index (κ1) is 22.3. The van der Waals surface area contributed by atoms with Gasteiger partial charge in [-0.25, -0.2) is 8.42 Å². The number of sulfonamides is 1. The Bertz CT molecular complexity index is 855. The van der Waals surface area contributed by atoms with E-state index in [1.165, 1.54) is 16.4 Å². The SMILES string of the molecule is Cc1ccc([N+](=O)[O-])cc1S(=O)(=O)N1CCN([C@@H](C)C(=O)NC(C)(C)C)CC1. The number of amides is 1. The highest BCUT2D eigenvalue weighted by Gasteiger charge is 2.33. The van der Waals surface area contributed by atoms with Gasteiger partial charge in [-0.3, -0.25) is 19.8 Å². The highest BCUT2D eigenvalue weighted by molar-refractivity contribution is 7.89. The van der Waals surface area contributed by atoms with E-state index in [4.69, 9.17) is 0 Å². The number of piperazine rings is 1. The van der Waals surface area contributed by atoms with Gasteiger partial charge in [0.2, 0.25) is 15.9 Å². The molecule has 0 aliphatic carbocycles. The Kier molecular flexibility index (Phi) is 6.47. The van der Waals surface area contributed by atoms with Crippen LogP contribution in [-0.2, 0) is 14.8 Å². The van der Waals surface area contributed by atoms with Gasteiger partial charge < -0.3 is 5.32 Å². The number of nitrogens with zero attached hydrogens (tertiary/aromatic N) is 3. The predicted molar refractivity (Wildman–Crippen MR) is 106 cm³/mol. The number of hydrogen-bond acceptors (Lipinski definition) is 6. The number of benzene rings is 1. The highest BCUT2D eigenvalue weighted by atomic mass is 32.2. The van der Waals surface area contributed by atoms with Crippen LogP contribution in [0.2, 0.25) is 0 Å². The van der Waals surface area contributed by atoms with Gasteiger partial charge in [0, 0.05) is 43.9 Å². The Morgan fingerprint density at radius 1 is 1.21 bits per heavy atom. The number of carbonyl (C=O) groups excluding carboxylic acids is 1. The van der Waals surface area contributed by atoms with Crippen LogP contribution in [0.25, 0.3) is 0 Å². The molecule has 1 aromatic carbocycles. The van der Waals surface area contributed by atoms with E-state index in [2.05, 4.69) is 5.32 Å². The van der Waals surface area contributed by atoms with Gasteiger partial charge in [0.05, 0.1) is 15.9 Å². The normalized spacial score (nSPS) is 17.9. The smallest absolute Gasteiger partial charge is 0.270 e. The molecule has 1 heterocycles. The van der Waals surface area contributed by atoms with Crippen LogP contribution in [0, 0.1) is 17.0 Å². The van der Waals surface area contributed by atoms with Gasteiger partial charge in [-0.05, 0) is 40.2 Å².